The van der Waals surface area contributed by atoms with Gasteiger partial charge in [-0.25, -0.2) is 27.6 Å². The van der Waals surface area contributed by atoms with Gasteiger partial charge in [-0.1, -0.05) is 54.6 Å². The zero-order valence-corrected chi connectivity index (χ0v) is 27.0. The number of thiazole rings is 1. The first-order valence-electron chi connectivity index (χ1n) is 14.5. The molecule has 0 amide bonds. The molecule has 0 fully saturated rings. The largest absolute Gasteiger partial charge is 0.491 e. The average Bonchev–Trinajstić information content (AvgIpc) is 3.73. The second-order valence-corrected chi connectivity index (χ2v) is 13.1. The van der Waals surface area contributed by atoms with E-state index in [9.17, 15) is 17.6 Å². The van der Waals surface area contributed by atoms with Crippen LogP contribution in [0.4, 0.5) is 4.39 Å². The van der Waals surface area contributed by atoms with Crippen molar-refractivity contribution in [1.29, 1.82) is 0 Å². The normalized spacial score (nSPS) is 12.4. The van der Waals surface area contributed by atoms with Gasteiger partial charge in [0, 0.05) is 12.8 Å². The lowest BCUT2D eigenvalue weighted by Gasteiger charge is -2.20. The number of nitrogens with zero attached hydrogens (tertiary/aromatic N) is 4. The molecule has 2 atom stereocenters. The molecule has 0 saturated carbocycles. The molecule has 47 heavy (non-hydrogen) atoms. The monoisotopic (exact) mass is 681 g/mol. The van der Waals surface area contributed by atoms with Crippen LogP contribution in [-0.4, -0.2) is 53.6 Å². The van der Waals surface area contributed by atoms with Gasteiger partial charge in [0.05, 0.1) is 16.4 Å². The van der Waals surface area contributed by atoms with E-state index in [0.29, 0.717) is 40.3 Å². The van der Waals surface area contributed by atoms with Crippen molar-refractivity contribution < 1.29 is 36.7 Å². The summed E-state index contributed by atoms with van der Waals surface area (Å²) in [6.07, 6.45) is 3.48. The Hall–Kier alpha value is -4.82. The topological polar surface area (TPSA) is 173 Å². The summed E-state index contributed by atoms with van der Waals surface area (Å²) in [5.74, 6) is 1.14. The number of Topliss-reactive ketones (excluding diaryl/α,β-unsaturated/α-hetero) is 1. The number of carbonyl (C=O) groups is 1. The van der Waals surface area contributed by atoms with Crippen molar-refractivity contribution in [2.24, 2.45) is 5.14 Å². The molecule has 2 aromatic heterocycles. The molecule has 5 rings (SSSR count). The number of sulfonamides is 1. The van der Waals surface area contributed by atoms with Crippen LogP contribution in [0.2, 0.25) is 0 Å². The maximum Gasteiger partial charge on any atom is 0.373 e. The zero-order valence-electron chi connectivity index (χ0n) is 25.3. The summed E-state index contributed by atoms with van der Waals surface area (Å²) in [7, 11) is -3.90. The third kappa shape index (κ3) is 9.83. The van der Waals surface area contributed by atoms with Gasteiger partial charge < -0.3 is 9.47 Å². The van der Waals surface area contributed by atoms with Gasteiger partial charge in [-0.15, -0.1) is 16.4 Å². The minimum absolute atomic E-state index is 0.0170. The molecule has 0 radical (unpaired) electrons. The van der Waals surface area contributed by atoms with Crippen molar-refractivity contribution in [3.8, 4) is 11.5 Å². The molecule has 0 aliphatic rings. The Bertz CT molecular complexity index is 1910. The van der Waals surface area contributed by atoms with Gasteiger partial charge in [0.1, 0.15) is 43.1 Å². The van der Waals surface area contributed by atoms with Crippen LogP contribution in [0, 0.1) is 0 Å². The van der Waals surface area contributed by atoms with Crippen LogP contribution in [0.3, 0.4) is 0 Å². The number of primary sulfonamides is 1. The lowest BCUT2D eigenvalue weighted by molar-refractivity contribution is -0.191. The fourth-order valence-electron chi connectivity index (χ4n) is 4.84. The van der Waals surface area contributed by atoms with E-state index in [2.05, 4.69) is 22.2 Å². The summed E-state index contributed by atoms with van der Waals surface area (Å²) in [6.45, 7) is 1.56. The van der Waals surface area contributed by atoms with E-state index >= 15 is 0 Å². The molecular weight excluding hydrogens is 650 g/mol. The van der Waals surface area contributed by atoms with Crippen LogP contribution in [-0.2, 0) is 37.4 Å². The van der Waals surface area contributed by atoms with Crippen molar-refractivity contribution in [3.05, 3.63) is 95.8 Å². The number of aromatic nitrogens is 4. The number of hydrogen-bond donors (Lipinski definition) is 1. The number of hydrogen-bond acceptors (Lipinski definition) is 11. The van der Waals surface area contributed by atoms with E-state index in [4.69, 9.17) is 24.2 Å². The van der Waals surface area contributed by atoms with E-state index in [1.807, 2.05) is 42.5 Å². The first-order valence-corrected chi connectivity index (χ1v) is 16.8. The smallest absolute Gasteiger partial charge is 0.373 e. The SMILES string of the molecule is CC[C@H](CC(=O)[C@H](Cc1ccc(OCCF)cc1)n1cc(COc2ccc3nc(S(N)(=O)=O)sc3c2)nn1)c1ccccc1.O=C=O. The molecule has 246 valence electrons. The quantitative estimate of drug-likeness (QED) is 0.161. The minimum Gasteiger partial charge on any atom is -0.491 e. The molecule has 0 saturated heterocycles. The van der Waals surface area contributed by atoms with Crippen LogP contribution >= 0.6 is 11.3 Å². The molecule has 0 unspecified atom stereocenters. The zero-order chi connectivity index (χ0) is 33.8. The van der Waals surface area contributed by atoms with Gasteiger partial charge in [0.25, 0.3) is 10.0 Å². The predicted molar refractivity (Wildman–Crippen MR) is 170 cm³/mol. The van der Waals surface area contributed by atoms with E-state index < -0.39 is 22.7 Å². The van der Waals surface area contributed by atoms with E-state index in [0.717, 1.165) is 28.9 Å². The molecule has 12 nitrogen and oxygen atoms in total. The molecule has 0 bridgehead atoms. The van der Waals surface area contributed by atoms with Crippen molar-refractivity contribution in [1.82, 2.24) is 20.0 Å². The van der Waals surface area contributed by atoms with Crippen LogP contribution in [0.5, 0.6) is 11.5 Å². The highest BCUT2D eigenvalue weighted by molar-refractivity contribution is 7.91. The van der Waals surface area contributed by atoms with Crippen molar-refractivity contribution >= 4 is 43.5 Å². The van der Waals surface area contributed by atoms with E-state index in [-0.39, 0.29) is 35.4 Å². The Balaban J connectivity index is 0.00000160. The molecule has 5 aromatic rings. The van der Waals surface area contributed by atoms with Gasteiger partial charge in [-0.05, 0) is 53.8 Å². The molecule has 0 aliphatic heterocycles. The highest BCUT2D eigenvalue weighted by Crippen LogP contribution is 2.30. The van der Waals surface area contributed by atoms with E-state index in [1.165, 1.54) is 0 Å². The van der Waals surface area contributed by atoms with Crippen LogP contribution in [0.15, 0.2) is 83.3 Å². The summed E-state index contributed by atoms with van der Waals surface area (Å²) in [6, 6.07) is 21.6. The molecular formula is C32H32FN5O7S2. The van der Waals surface area contributed by atoms with Gasteiger partial charge in [-0.2, -0.15) is 9.59 Å². The Morgan fingerprint density at radius 1 is 1.04 bits per heavy atom. The number of ether oxygens (including phenoxy) is 2. The summed E-state index contributed by atoms with van der Waals surface area (Å²) in [4.78, 5) is 34.1. The van der Waals surface area contributed by atoms with Gasteiger partial charge >= 0.3 is 6.15 Å². The highest BCUT2D eigenvalue weighted by atomic mass is 32.2. The molecule has 3 aromatic carbocycles. The maximum absolute atomic E-state index is 13.8. The predicted octanol–water partition coefficient (Wildman–Crippen LogP) is 4.82. The van der Waals surface area contributed by atoms with Crippen LogP contribution < -0.4 is 14.6 Å². The minimum atomic E-state index is -3.90. The average molecular weight is 682 g/mol. The fourth-order valence-corrected chi connectivity index (χ4v) is 6.53. The van der Waals surface area contributed by atoms with Crippen molar-refractivity contribution in [2.45, 2.75) is 49.1 Å². The first-order chi connectivity index (χ1) is 22.6. The molecule has 2 N–H and O–H groups in total. The van der Waals surface area contributed by atoms with Gasteiger partial charge in [0.2, 0.25) is 4.34 Å². The maximum atomic E-state index is 13.8. The van der Waals surface area contributed by atoms with Crippen molar-refractivity contribution in [2.75, 3.05) is 13.3 Å². The molecule has 15 heteroatoms. The standard InChI is InChI=1S/C31H32FN5O5S2.CO2/c1-2-22(23-6-4-3-5-7-23)17-29(38)28(16-21-8-10-25(11-9-21)41-15-14-32)37-19-24(35-36-37)20-42-26-12-13-27-30(18-26)43-31(34-27)44(33,39)40;2-1-3/h3-13,18-19,22,28H,2,14-17,20H2,1H3,(H2,33,39,40);/t22-,28+;/m1./s1. The Morgan fingerprint density at radius 3 is 2.40 bits per heavy atom. The summed E-state index contributed by atoms with van der Waals surface area (Å²) < 4.78 is 49.1. The number of halogens is 1. The molecule has 0 aliphatic carbocycles. The van der Waals surface area contributed by atoms with Crippen molar-refractivity contribution in [3.63, 3.8) is 0 Å². The third-order valence-corrected chi connectivity index (χ3v) is 9.47. The number of benzene rings is 3. The van der Waals surface area contributed by atoms with Crippen LogP contribution in [0.25, 0.3) is 10.2 Å². The summed E-state index contributed by atoms with van der Waals surface area (Å²) in [5.41, 5.74) is 3.02. The lowest BCUT2D eigenvalue weighted by Crippen LogP contribution is -2.24. The number of rotatable bonds is 15. The number of alkyl halides is 1. The Morgan fingerprint density at radius 2 is 1.74 bits per heavy atom. The second-order valence-electron chi connectivity index (χ2n) is 10.3. The Kier molecular flexibility index (Phi) is 12.4. The molecule has 0 spiro atoms. The fraction of sp³-hybridized carbons (Fsp3) is 0.281. The first kappa shape index (κ1) is 35.0. The highest BCUT2D eigenvalue weighted by Gasteiger charge is 2.26. The third-order valence-electron chi connectivity index (χ3n) is 7.13. The Labute approximate surface area is 274 Å². The number of ketones is 1. The second kappa shape index (κ2) is 16.7. The summed E-state index contributed by atoms with van der Waals surface area (Å²) in [5, 5.41) is 13.8. The van der Waals surface area contributed by atoms with Gasteiger partial charge in [0.15, 0.2) is 5.78 Å². The number of fused-ring (bicyclic) bond motifs is 1. The lowest BCUT2D eigenvalue weighted by atomic mass is 9.88. The van der Waals surface area contributed by atoms with E-state index in [1.54, 1.807) is 41.2 Å². The van der Waals surface area contributed by atoms with Crippen LogP contribution in [0.1, 0.15) is 48.5 Å². The summed E-state index contributed by atoms with van der Waals surface area (Å²) >= 11 is 0.963. The number of carbonyl (C=O) groups excluding carboxylic acids is 3. The molecule has 2 heterocycles. The van der Waals surface area contributed by atoms with Gasteiger partial charge in [-0.3, -0.25) is 4.79 Å². The number of nitrogens with two attached hydrogens (primary N) is 1.